The maximum absolute atomic E-state index is 7.02. The van der Waals surface area contributed by atoms with Crippen molar-refractivity contribution in [2.45, 2.75) is 27.7 Å². The molecule has 6 aromatic rings. The first kappa shape index (κ1) is 27.1. The van der Waals surface area contributed by atoms with E-state index < -0.39 is 0 Å². The van der Waals surface area contributed by atoms with Crippen molar-refractivity contribution in [3.8, 4) is 55.6 Å². The summed E-state index contributed by atoms with van der Waals surface area (Å²) in [6.07, 6.45) is 0. The molecule has 0 fully saturated rings. The Balaban J connectivity index is 1.70. The Bertz CT molecular complexity index is 1670. The third-order valence-corrected chi connectivity index (χ3v) is 8.43. The van der Waals surface area contributed by atoms with Gasteiger partial charge in [-0.25, -0.2) is 0 Å². The molecule has 0 atom stereocenters. The summed E-state index contributed by atoms with van der Waals surface area (Å²) in [6.45, 7) is 8.57. The van der Waals surface area contributed by atoms with Gasteiger partial charge >= 0.3 is 0 Å². The van der Waals surface area contributed by atoms with Crippen molar-refractivity contribution in [2.75, 3.05) is 11.5 Å². The monoisotopic (exact) mass is 544 g/mol. The molecule has 4 N–H and O–H groups in total. The quantitative estimate of drug-likeness (QED) is 0.212. The molecule has 0 saturated carbocycles. The van der Waals surface area contributed by atoms with Gasteiger partial charge in [-0.3, -0.25) is 0 Å². The Morgan fingerprint density at radius 2 is 0.524 bits per heavy atom. The third kappa shape index (κ3) is 4.86. The molecule has 0 aliphatic carbocycles. The minimum absolute atomic E-state index is 0.788. The smallest absolute Gasteiger partial charge is 0.0474 e. The van der Waals surface area contributed by atoms with Crippen molar-refractivity contribution in [1.29, 1.82) is 0 Å². The summed E-state index contributed by atoms with van der Waals surface area (Å²) < 4.78 is 0. The second kappa shape index (κ2) is 11.1. The van der Waals surface area contributed by atoms with Gasteiger partial charge in [-0.15, -0.1) is 0 Å². The van der Waals surface area contributed by atoms with Gasteiger partial charge < -0.3 is 11.5 Å². The number of nitrogen functional groups attached to an aromatic ring is 2. The minimum atomic E-state index is 0.788. The highest BCUT2D eigenvalue weighted by atomic mass is 14.6. The van der Waals surface area contributed by atoms with E-state index in [1.807, 2.05) is 0 Å². The predicted molar refractivity (Wildman–Crippen MR) is 181 cm³/mol. The van der Waals surface area contributed by atoms with E-state index in [-0.39, 0.29) is 0 Å². The summed E-state index contributed by atoms with van der Waals surface area (Å²) in [5, 5.41) is 0. The first-order valence-corrected chi connectivity index (χ1v) is 14.4. The van der Waals surface area contributed by atoms with E-state index in [9.17, 15) is 0 Å². The van der Waals surface area contributed by atoms with E-state index in [1.54, 1.807) is 0 Å². The largest absolute Gasteiger partial charge is 0.398 e. The summed E-state index contributed by atoms with van der Waals surface area (Å²) >= 11 is 0. The van der Waals surface area contributed by atoms with Crippen LogP contribution in [0.2, 0.25) is 0 Å². The lowest BCUT2D eigenvalue weighted by Gasteiger charge is -2.20. The van der Waals surface area contributed by atoms with Crippen LogP contribution in [0.4, 0.5) is 11.4 Å². The fourth-order valence-electron chi connectivity index (χ4n) is 6.03. The number of aryl methyl sites for hydroxylation is 4. The van der Waals surface area contributed by atoms with Crippen LogP contribution in [0.3, 0.4) is 0 Å². The van der Waals surface area contributed by atoms with Gasteiger partial charge in [0, 0.05) is 33.6 Å². The Morgan fingerprint density at radius 3 is 0.738 bits per heavy atom. The molecule has 2 heteroatoms. The maximum Gasteiger partial charge on any atom is 0.0474 e. The van der Waals surface area contributed by atoms with Crippen LogP contribution in [0.1, 0.15) is 22.3 Å². The van der Waals surface area contributed by atoms with Crippen LogP contribution < -0.4 is 11.5 Å². The first-order valence-electron chi connectivity index (χ1n) is 14.4. The van der Waals surface area contributed by atoms with Crippen molar-refractivity contribution >= 4 is 11.4 Å². The number of hydrogen-bond acceptors (Lipinski definition) is 2. The molecule has 6 aromatic carbocycles. The van der Waals surface area contributed by atoms with Gasteiger partial charge in [0.05, 0.1) is 0 Å². The van der Waals surface area contributed by atoms with Gasteiger partial charge in [-0.1, -0.05) is 97.1 Å². The topological polar surface area (TPSA) is 52.0 Å². The highest BCUT2D eigenvalue weighted by molar-refractivity contribution is 5.98. The normalized spacial score (nSPS) is 11.0. The molecule has 206 valence electrons. The zero-order valence-corrected chi connectivity index (χ0v) is 24.7. The lowest BCUT2D eigenvalue weighted by molar-refractivity contribution is 1.43. The molecule has 0 spiro atoms. The van der Waals surface area contributed by atoms with Gasteiger partial charge in [0.1, 0.15) is 0 Å². The van der Waals surface area contributed by atoms with Crippen LogP contribution >= 0.6 is 0 Å². The zero-order valence-electron chi connectivity index (χ0n) is 24.7. The number of rotatable bonds is 5. The fourth-order valence-corrected chi connectivity index (χ4v) is 6.03. The molecule has 2 nitrogen and oxygen atoms in total. The Hall–Kier alpha value is -5.08. The van der Waals surface area contributed by atoms with Crippen molar-refractivity contribution in [3.63, 3.8) is 0 Å². The van der Waals surface area contributed by atoms with Crippen LogP contribution in [-0.4, -0.2) is 0 Å². The first-order chi connectivity index (χ1) is 20.3. The van der Waals surface area contributed by atoms with E-state index in [2.05, 4.69) is 149 Å². The molecule has 0 saturated heterocycles. The molecular formula is C40H36N2. The molecule has 0 unspecified atom stereocenters. The fraction of sp³-hybridized carbons (Fsp3) is 0.100. The van der Waals surface area contributed by atoms with Gasteiger partial charge in [-0.05, 0) is 108 Å². The molecular weight excluding hydrogens is 508 g/mol. The van der Waals surface area contributed by atoms with Crippen molar-refractivity contribution in [3.05, 3.63) is 144 Å². The summed E-state index contributed by atoms with van der Waals surface area (Å²) in [7, 11) is 0. The second-order valence-electron chi connectivity index (χ2n) is 11.2. The van der Waals surface area contributed by atoms with Crippen LogP contribution in [0.25, 0.3) is 55.6 Å². The average molecular weight is 545 g/mol. The minimum Gasteiger partial charge on any atom is -0.398 e. The third-order valence-electron chi connectivity index (χ3n) is 8.43. The number of hydrogen-bond donors (Lipinski definition) is 2. The zero-order chi connectivity index (χ0) is 29.4. The molecule has 0 bridgehead atoms. The maximum atomic E-state index is 7.02. The predicted octanol–water partition coefficient (Wildman–Crippen LogP) is 10.4. The second-order valence-corrected chi connectivity index (χ2v) is 11.2. The van der Waals surface area contributed by atoms with Crippen LogP contribution in [0.5, 0.6) is 0 Å². The van der Waals surface area contributed by atoms with Crippen LogP contribution in [-0.2, 0) is 0 Å². The Labute approximate surface area is 249 Å². The van der Waals surface area contributed by atoms with Crippen molar-refractivity contribution < 1.29 is 0 Å². The average Bonchev–Trinajstić information content (AvgIpc) is 2.99. The number of nitrogens with two attached hydrogens (primary N) is 2. The molecule has 0 heterocycles. The highest BCUT2D eigenvalue weighted by Gasteiger charge is 2.19. The van der Waals surface area contributed by atoms with Crippen molar-refractivity contribution in [2.24, 2.45) is 0 Å². The van der Waals surface area contributed by atoms with E-state index >= 15 is 0 Å². The summed E-state index contributed by atoms with van der Waals surface area (Å²) in [5.41, 5.74) is 31.3. The van der Waals surface area contributed by atoms with Crippen molar-refractivity contribution in [1.82, 2.24) is 0 Å². The van der Waals surface area contributed by atoms with E-state index in [1.165, 1.54) is 22.3 Å². The number of anilines is 2. The van der Waals surface area contributed by atoms with Gasteiger partial charge in [0.15, 0.2) is 0 Å². The number of benzene rings is 6. The summed E-state index contributed by atoms with van der Waals surface area (Å²) in [4.78, 5) is 0. The Morgan fingerprint density at radius 1 is 0.310 bits per heavy atom. The molecule has 0 aliphatic heterocycles. The molecule has 6 rings (SSSR count). The van der Waals surface area contributed by atoms with E-state index in [0.717, 1.165) is 67.0 Å². The molecule has 0 amide bonds. The summed E-state index contributed by atoms with van der Waals surface area (Å²) in [6, 6.07) is 42.8. The molecule has 0 radical (unpaired) electrons. The van der Waals surface area contributed by atoms with Gasteiger partial charge in [0.2, 0.25) is 0 Å². The molecule has 0 aliphatic rings. The molecule has 42 heavy (non-hydrogen) atoms. The van der Waals surface area contributed by atoms with Gasteiger partial charge in [-0.2, -0.15) is 0 Å². The summed E-state index contributed by atoms with van der Waals surface area (Å²) in [5.74, 6) is 0. The lowest BCUT2D eigenvalue weighted by atomic mass is 9.85. The lowest BCUT2D eigenvalue weighted by Crippen LogP contribution is -2.00. The highest BCUT2D eigenvalue weighted by Crippen LogP contribution is 2.45. The van der Waals surface area contributed by atoms with Gasteiger partial charge in [0.25, 0.3) is 0 Å². The Kier molecular flexibility index (Phi) is 7.14. The molecule has 0 aromatic heterocycles. The van der Waals surface area contributed by atoms with Crippen LogP contribution in [0, 0.1) is 27.7 Å². The van der Waals surface area contributed by atoms with Crippen LogP contribution in [0.15, 0.2) is 121 Å². The SMILES string of the molecule is Cc1ccccc1-c1cc(-c2cc(-c3ccccc3C)c(N)c(-c3ccccc3C)c2)cc(-c2ccccc2C)c1N. The van der Waals surface area contributed by atoms with E-state index in [4.69, 9.17) is 11.5 Å². The standard InChI is InChI=1S/C40H36N2/c1-25-13-5-9-17-31(25)35-21-29(22-36(39(35)41)32-18-10-6-14-26(32)2)30-23-37(33-19-11-7-15-27(33)3)40(42)38(24-30)34-20-12-8-16-28(34)4/h5-24H,41-42H2,1-4H3. The van der Waals surface area contributed by atoms with E-state index in [0.29, 0.717) is 0 Å².